The number of fused-ring (bicyclic) bond motifs is 1. The summed E-state index contributed by atoms with van der Waals surface area (Å²) >= 11 is 3.24. The minimum absolute atomic E-state index is 0.244. The molecule has 0 radical (unpaired) electrons. The topological polar surface area (TPSA) is 95.0 Å². The van der Waals surface area contributed by atoms with Gasteiger partial charge in [0.1, 0.15) is 12.6 Å². The summed E-state index contributed by atoms with van der Waals surface area (Å²) in [6, 6.07) is 3.83. The molecular weight excluding hydrogens is 368 g/mol. The molecule has 2 heterocycles. The molecule has 3 amide bonds. The minimum atomic E-state index is -1.07. The van der Waals surface area contributed by atoms with Gasteiger partial charge < -0.3 is 10.0 Å². The van der Waals surface area contributed by atoms with Crippen molar-refractivity contribution < 1.29 is 24.3 Å². The van der Waals surface area contributed by atoms with Crippen LogP contribution < -0.4 is 0 Å². The quantitative estimate of drug-likeness (QED) is 0.792. The number of carbonyl (C=O) groups excluding carboxylic acids is 3. The van der Waals surface area contributed by atoms with Crippen molar-refractivity contribution in [3.05, 3.63) is 33.8 Å². The highest BCUT2D eigenvalue weighted by Crippen LogP contribution is 2.26. The van der Waals surface area contributed by atoms with Gasteiger partial charge in [0.05, 0.1) is 11.1 Å². The van der Waals surface area contributed by atoms with Crippen molar-refractivity contribution in [3.63, 3.8) is 0 Å². The Morgan fingerprint density at radius 1 is 1.22 bits per heavy atom. The van der Waals surface area contributed by atoms with E-state index in [1.54, 1.807) is 6.07 Å². The van der Waals surface area contributed by atoms with Crippen molar-refractivity contribution in [2.45, 2.75) is 18.9 Å². The molecule has 1 unspecified atom stereocenters. The molecule has 8 heteroatoms. The van der Waals surface area contributed by atoms with Crippen molar-refractivity contribution in [1.82, 2.24) is 9.80 Å². The Balaban J connectivity index is 1.79. The Morgan fingerprint density at radius 2 is 1.91 bits per heavy atom. The third-order valence-electron chi connectivity index (χ3n) is 4.08. The van der Waals surface area contributed by atoms with Crippen LogP contribution in [0.15, 0.2) is 22.7 Å². The van der Waals surface area contributed by atoms with Crippen molar-refractivity contribution in [2.75, 3.05) is 13.1 Å². The van der Waals surface area contributed by atoms with Crippen LogP contribution in [0.2, 0.25) is 0 Å². The van der Waals surface area contributed by atoms with Gasteiger partial charge in [0, 0.05) is 11.0 Å². The number of benzene rings is 1. The molecule has 23 heavy (non-hydrogen) atoms. The number of carbonyl (C=O) groups is 4. The molecular formula is C15H13BrN2O5. The lowest BCUT2D eigenvalue weighted by molar-refractivity contribution is -0.148. The number of hydrogen-bond donors (Lipinski definition) is 1. The normalized spacial score (nSPS) is 20.1. The van der Waals surface area contributed by atoms with Gasteiger partial charge >= 0.3 is 5.97 Å². The lowest BCUT2D eigenvalue weighted by atomic mass is 10.1. The standard InChI is InChI=1S/C15H13BrN2O5/c16-8-3-4-9-10(6-8)14(21)18(13(9)20)7-12(19)17-5-1-2-11(17)15(22)23/h3-4,6,11H,1-2,5,7H2,(H,22,23). The molecule has 1 aromatic rings. The predicted molar refractivity (Wildman–Crippen MR) is 81.9 cm³/mol. The van der Waals surface area contributed by atoms with Gasteiger partial charge in [-0.1, -0.05) is 15.9 Å². The molecule has 0 spiro atoms. The molecule has 1 N–H and O–H groups in total. The molecule has 120 valence electrons. The Kier molecular flexibility index (Phi) is 3.93. The maximum Gasteiger partial charge on any atom is 0.326 e. The number of aliphatic carboxylic acids is 1. The zero-order valence-corrected chi connectivity index (χ0v) is 13.6. The Morgan fingerprint density at radius 3 is 2.61 bits per heavy atom. The van der Waals surface area contributed by atoms with E-state index < -0.39 is 36.3 Å². The fourth-order valence-electron chi connectivity index (χ4n) is 2.95. The van der Waals surface area contributed by atoms with Gasteiger partial charge in [-0.15, -0.1) is 0 Å². The number of imide groups is 1. The first-order valence-electron chi connectivity index (χ1n) is 7.08. The predicted octanol–water partition coefficient (Wildman–Crippen LogP) is 1.12. The smallest absolute Gasteiger partial charge is 0.326 e. The lowest BCUT2D eigenvalue weighted by Crippen LogP contribution is -2.46. The highest BCUT2D eigenvalue weighted by atomic mass is 79.9. The zero-order valence-electron chi connectivity index (χ0n) is 12.0. The first-order valence-corrected chi connectivity index (χ1v) is 7.87. The second kappa shape index (κ2) is 5.77. The van der Waals surface area contributed by atoms with Crippen LogP contribution in [0, 0.1) is 0 Å². The molecule has 3 rings (SSSR count). The largest absolute Gasteiger partial charge is 0.480 e. The van der Waals surface area contributed by atoms with Crippen LogP contribution in [0.4, 0.5) is 0 Å². The summed E-state index contributed by atoms with van der Waals surface area (Å²) in [5, 5.41) is 9.12. The average molecular weight is 381 g/mol. The van der Waals surface area contributed by atoms with E-state index in [2.05, 4.69) is 15.9 Å². The molecule has 0 bridgehead atoms. The van der Waals surface area contributed by atoms with E-state index in [-0.39, 0.29) is 11.1 Å². The number of likely N-dealkylation sites (tertiary alicyclic amines) is 1. The number of carboxylic acids is 1. The number of amides is 3. The van der Waals surface area contributed by atoms with Gasteiger partial charge in [-0.2, -0.15) is 0 Å². The fraction of sp³-hybridized carbons (Fsp3) is 0.333. The molecule has 0 aromatic heterocycles. The molecule has 1 saturated heterocycles. The summed E-state index contributed by atoms with van der Waals surface area (Å²) in [6.07, 6.45) is 0.980. The SMILES string of the molecule is O=C(O)C1CCCN1C(=O)CN1C(=O)c2ccc(Br)cc2C1=O. The summed E-state index contributed by atoms with van der Waals surface area (Å²) in [5.41, 5.74) is 0.496. The third-order valence-corrected chi connectivity index (χ3v) is 4.58. The molecule has 1 aromatic carbocycles. The van der Waals surface area contributed by atoms with E-state index in [1.165, 1.54) is 17.0 Å². The van der Waals surface area contributed by atoms with E-state index >= 15 is 0 Å². The van der Waals surface area contributed by atoms with Gasteiger partial charge in [-0.25, -0.2) is 4.79 Å². The number of hydrogen-bond acceptors (Lipinski definition) is 4. The van der Waals surface area contributed by atoms with Crippen molar-refractivity contribution >= 4 is 39.6 Å². The van der Waals surface area contributed by atoms with Crippen LogP contribution in [0.5, 0.6) is 0 Å². The number of rotatable bonds is 3. The van der Waals surface area contributed by atoms with E-state index in [0.29, 0.717) is 23.9 Å². The maximum atomic E-state index is 12.3. The van der Waals surface area contributed by atoms with E-state index in [0.717, 1.165) is 4.90 Å². The van der Waals surface area contributed by atoms with Gasteiger partial charge in [-0.3, -0.25) is 19.3 Å². The molecule has 2 aliphatic rings. The fourth-order valence-corrected chi connectivity index (χ4v) is 3.32. The van der Waals surface area contributed by atoms with E-state index in [9.17, 15) is 19.2 Å². The van der Waals surface area contributed by atoms with Crippen LogP contribution in [0.3, 0.4) is 0 Å². The highest BCUT2D eigenvalue weighted by molar-refractivity contribution is 9.10. The monoisotopic (exact) mass is 380 g/mol. The number of carboxylic acid groups (broad SMARTS) is 1. The second-order valence-corrected chi connectivity index (χ2v) is 6.39. The lowest BCUT2D eigenvalue weighted by Gasteiger charge is -2.23. The van der Waals surface area contributed by atoms with Gasteiger partial charge in [0.15, 0.2) is 0 Å². The summed E-state index contributed by atoms with van der Waals surface area (Å²) < 4.78 is 0.663. The summed E-state index contributed by atoms with van der Waals surface area (Å²) in [6.45, 7) is -0.113. The van der Waals surface area contributed by atoms with E-state index in [1.807, 2.05) is 0 Å². The third kappa shape index (κ3) is 2.63. The minimum Gasteiger partial charge on any atom is -0.480 e. The highest BCUT2D eigenvalue weighted by Gasteiger charge is 2.40. The van der Waals surface area contributed by atoms with Crippen molar-refractivity contribution in [2.24, 2.45) is 0 Å². The van der Waals surface area contributed by atoms with Crippen molar-refractivity contribution in [1.29, 1.82) is 0 Å². The van der Waals surface area contributed by atoms with Crippen LogP contribution in [-0.4, -0.2) is 57.7 Å². The Bertz CT molecular complexity index is 733. The van der Waals surface area contributed by atoms with Crippen LogP contribution in [-0.2, 0) is 9.59 Å². The zero-order chi connectivity index (χ0) is 16.7. The van der Waals surface area contributed by atoms with Crippen LogP contribution in [0.25, 0.3) is 0 Å². The average Bonchev–Trinajstić information content (AvgIpc) is 3.07. The Labute approximate surface area is 140 Å². The van der Waals surface area contributed by atoms with Crippen LogP contribution >= 0.6 is 15.9 Å². The van der Waals surface area contributed by atoms with E-state index in [4.69, 9.17) is 5.11 Å². The first-order chi connectivity index (χ1) is 10.9. The molecule has 1 atom stereocenters. The molecule has 1 fully saturated rings. The van der Waals surface area contributed by atoms with Crippen molar-refractivity contribution in [3.8, 4) is 0 Å². The number of halogens is 1. The van der Waals surface area contributed by atoms with Gasteiger partial charge in [0.25, 0.3) is 11.8 Å². The summed E-state index contributed by atoms with van der Waals surface area (Å²) in [7, 11) is 0. The molecule has 0 aliphatic carbocycles. The summed E-state index contributed by atoms with van der Waals surface area (Å²) in [4.78, 5) is 50.2. The maximum absolute atomic E-state index is 12.3. The Hall–Kier alpha value is -2.22. The van der Waals surface area contributed by atoms with Crippen LogP contribution in [0.1, 0.15) is 33.6 Å². The number of nitrogens with zero attached hydrogens (tertiary/aromatic N) is 2. The molecule has 2 aliphatic heterocycles. The first kappa shape index (κ1) is 15.7. The van der Waals surface area contributed by atoms with Gasteiger partial charge in [-0.05, 0) is 31.0 Å². The molecule has 7 nitrogen and oxygen atoms in total. The molecule has 0 saturated carbocycles. The van der Waals surface area contributed by atoms with Gasteiger partial charge in [0.2, 0.25) is 5.91 Å². The second-order valence-electron chi connectivity index (χ2n) is 5.47. The summed E-state index contributed by atoms with van der Waals surface area (Å²) in [5.74, 6) is -2.66.